The van der Waals surface area contributed by atoms with Crippen LogP contribution in [-0.2, 0) is 14.3 Å². The SMILES string of the molecule is N#Cc1ccc(NC(=O)COC(=O)/C=C/c2cn(-c3ccccc3)nc2-c2cccc(Cl)c2)cc1. The second kappa shape index (κ2) is 11.0. The number of para-hydroxylation sites is 1. The van der Waals surface area contributed by atoms with Gasteiger partial charge in [-0.05, 0) is 54.6 Å². The van der Waals surface area contributed by atoms with Crippen molar-refractivity contribution in [2.45, 2.75) is 0 Å². The number of anilines is 1. The van der Waals surface area contributed by atoms with Crippen LogP contribution in [0.15, 0.2) is 91.1 Å². The molecule has 1 N–H and O–H groups in total. The summed E-state index contributed by atoms with van der Waals surface area (Å²) in [6, 6.07) is 25.2. The highest BCUT2D eigenvalue weighted by Gasteiger charge is 2.12. The smallest absolute Gasteiger partial charge is 0.331 e. The molecule has 0 aliphatic rings. The van der Waals surface area contributed by atoms with E-state index in [1.165, 1.54) is 6.08 Å². The Bertz CT molecular complexity index is 1420. The highest BCUT2D eigenvalue weighted by atomic mass is 35.5. The summed E-state index contributed by atoms with van der Waals surface area (Å²) >= 11 is 6.16. The fraction of sp³-hybridized carbons (Fsp3) is 0.0370. The summed E-state index contributed by atoms with van der Waals surface area (Å²) < 4.78 is 6.77. The zero-order valence-corrected chi connectivity index (χ0v) is 19.1. The van der Waals surface area contributed by atoms with Crippen LogP contribution in [0.4, 0.5) is 5.69 Å². The largest absolute Gasteiger partial charge is 0.452 e. The van der Waals surface area contributed by atoms with Crippen LogP contribution in [0, 0.1) is 11.3 Å². The summed E-state index contributed by atoms with van der Waals surface area (Å²) in [5.41, 5.74) is 3.95. The number of benzene rings is 3. The first-order valence-electron chi connectivity index (χ1n) is 10.6. The second-order valence-corrected chi connectivity index (χ2v) is 7.84. The molecule has 0 aliphatic heterocycles. The lowest BCUT2D eigenvalue weighted by Crippen LogP contribution is -2.20. The van der Waals surface area contributed by atoms with Crippen molar-refractivity contribution in [3.8, 4) is 23.0 Å². The van der Waals surface area contributed by atoms with Gasteiger partial charge in [-0.15, -0.1) is 0 Å². The number of amides is 1. The number of nitrogens with one attached hydrogen (secondary N) is 1. The van der Waals surface area contributed by atoms with Gasteiger partial charge in [0.05, 0.1) is 17.3 Å². The third kappa shape index (κ3) is 6.22. The number of ether oxygens (including phenoxy) is 1. The Labute approximate surface area is 206 Å². The number of carbonyl (C=O) groups is 2. The molecule has 0 aliphatic carbocycles. The molecule has 0 unspecified atom stereocenters. The van der Waals surface area contributed by atoms with Gasteiger partial charge in [0.25, 0.3) is 5.91 Å². The fourth-order valence-electron chi connectivity index (χ4n) is 3.25. The van der Waals surface area contributed by atoms with Gasteiger partial charge < -0.3 is 10.1 Å². The highest BCUT2D eigenvalue weighted by Crippen LogP contribution is 2.27. The lowest BCUT2D eigenvalue weighted by atomic mass is 10.1. The first-order chi connectivity index (χ1) is 17.0. The maximum absolute atomic E-state index is 12.3. The number of rotatable bonds is 7. The summed E-state index contributed by atoms with van der Waals surface area (Å²) in [7, 11) is 0. The molecule has 1 heterocycles. The number of hydrogen-bond donors (Lipinski definition) is 1. The maximum Gasteiger partial charge on any atom is 0.331 e. The number of halogens is 1. The lowest BCUT2D eigenvalue weighted by Gasteiger charge is -2.05. The molecule has 0 radical (unpaired) electrons. The van der Waals surface area contributed by atoms with E-state index in [-0.39, 0.29) is 0 Å². The van der Waals surface area contributed by atoms with Crippen LogP contribution < -0.4 is 5.32 Å². The van der Waals surface area contributed by atoms with E-state index in [9.17, 15) is 9.59 Å². The fourth-order valence-corrected chi connectivity index (χ4v) is 3.44. The molecule has 3 aromatic carbocycles. The number of aromatic nitrogens is 2. The third-order valence-corrected chi connectivity index (χ3v) is 5.14. The molecule has 1 aromatic heterocycles. The molecule has 4 rings (SSSR count). The highest BCUT2D eigenvalue weighted by molar-refractivity contribution is 6.30. The quantitative estimate of drug-likeness (QED) is 0.286. The molecule has 4 aromatic rings. The molecule has 0 bridgehead atoms. The Morgan fingerprint density at radius 3 is 2.54 bits per heavy atom. The number of nitrogens with zero attached hydrogens (tertiary/aromatic N) is 3. The van der Waals surface area contributed by atoms with Crippen LogP contribution in [-0.4, -0.2) is 28.3 Å². The van der Waals surface area contributed by atoms with Gasteiger partial charge in [0.15, 0.2) is 6.61 Å². The molecular weight excluding hydrogens is 464 g/mol. The molecule has 0 atom stereocenters. The first-order valence-corrected chi connectivity index (χ1v) is 11.0. The molecule has 172 valence electrons. The van der Waals surface area contributed by atoms with Crippen molar-refractivity contribution >= 4 is 35.2 Å². The van der Waals surface area contributed by atoms with Crippen molar-refractivity contribution in [3.05, 3.63) is 107 Å². The van der Waals surface area contributed by atoms with Gasteiger partial charge in [-0.25, -0.2) is 9.48 Å². The van der Waals surface area contributed by atoms with Crippen LogP contribution in [0.1, 0.15) is 11.1 Å². The van der Waals surface area contributed by atoms with Gasteiger partial charge in [0, 0.05) is 34.1 Å². The summed E-state index contributed by atoms with van der Waals surface area (Å²) in [5, 5.41) is 16.7. The zero-order chi connectivity index (χ0) is 24.6. The van der Waals surface area contributed by atoms with Crippen LogP contribution in [0.5, 0.6) is 0 Å². The van der Waals surface area contributed by atoms with Gasteiger partial charge in [0.1, 0.15) is 5.69 Å². The molecule has 0 saturated carbocycles. The van der Waals surface area contributed by atoms with Gasteiger partial charge in [-0.3, -0.25) is 4.79 Å². The van der Waals surface area contributed by atoms with Crippen molar-refractivity contribution in [3.63, 3.8) is 0 Å². The van der Waals surface area contributed by atoms with E-state index in [2.05, 4.69) is 10.4 Å². The van der Waals surface area contributed by atoms with E-state index in [0.717, 1.165) is 11.3 Å². The summed E-state index contributed by atoms with van der Waals surface area (Å²) in [6.45, 7) is -0.451. The summed E-state index contributed by atoms with van der Waals surface area (Å²) in [5.74, 6) is -1.17. The van der Waals surface area contributed by atoms with Crippen LogP contribution in [0.2, 0.25) is 5.02 Å². The predicted molar refractivity (Wildman–Crippen MR) is 134 cm³/mol. The van der Waals surface area contributed by atoms with Crippen molar-refractivity contribution < 1.29 is 14.3 Å². The van der Waals surface area contributed by atoms with Crippen molar-refractivity contribution in [2.75, 3.05) is 11.9 Å². The standard InChI is InChI=1S/C27H19ClN4O3/c28-22-6-4-5-20(15-22)27-21(17-32(31-27)24-7-2-1-3-8-24)11-14-26(34)35-18-25(33)30-23-12-9-19(16-29)10-13-23/h1-15,17H,18H2,(H,30,33)/b14-11+. The van der Waals surface area contributed by atoms with Gasteiger partial charge in [-0.2, -0.15) is 10.4 Å². The maximum atomic E-state index is 12.3. The Morgan fingerprint density at radius 2 is 1.83 bits per heavy atom. The minimum atomic E-state index is -0.676. The van der Waals surface area contributed by atoms with E-state index in [1.54, 1.807) is 53.4 Å². The lowest BCUT2D eigenvalue weighted by molar-refractivity contribution is -0.142. The molecule has 1 amide bonds. The number of carbonyl (C=O) groups excluding carboxylic acids is 2. The number of esters is 1. The Hall–Kier alpha value is -4.67. The van der Waals surface area contributed by atoms with Crippen molar-refractivity contribution in [1.29, 1.82) is 5.26 Å². The van der Waals surface area contributed by atoms with Crippen molar-refractivity contribution in [2.24, 2.45) is 0 Å². The minimum absolute atomic E-state index is 0.451. The molecule has 35 heavy (non-hydrogen) atoms. The van der Waals surface area contributed by atoms with Crippen LogP contribution in [0.3, 0.4) is 0 Å². The monoisotopic (exact) mass is 482 g/mol. The first kappa shape index (κ1) is 23.5. The van der Waals surface area contributed by atoms with E-state index < -0.39 is 18.5 Å². The second-order valence-electron chi connectivity index (χ2n) is 7.40. The molecule has 0 fully saturated rings. The average molecular weight is 483 g/mol. The van der Waals surface area contributed by atoms with Gasteiger partial charge >= 0.3 is 5.97 Å². The van der Waals surface area contributed by atoms with E-state index in [1.807, 2.05) is 48.5 Å². The topological polar surface area (TPSA) is 97.0 Å². The zero-order valence-electron chi connectivity index (χ0n) is 18.4. The normalized spacial score (nSPS) is 10.6. The van der Waals surface area contributed by atoms with E-state index in [0.29, 0.717) is 27.5 Å². The van der Waals surface area contributed by atoms with Crippen molar-refractivity contribution in [1.82, 2.24) is 9.78 Å². The van der Waals surface area contributed by atoms with Gasteiger partial charge in [0.2, 0.25) is 0 Å². The summed E-state index contributed by atoms with van der Waals surface area (Å²) in [4.78, 5) is 24.3. The summed E-state index contributed by atoms with van der Waals surface area (Å²) in [6.07, 6.45) is 4.63. The van der Waals surface area contributed by atoms with E-state index >= 15 is 0 Å². The Balaban J connectivity index is 1.46. The number of nitriles is 1. The van der Waals surface area contributed by atoms with Crippen LogP contribution in [0.25, 0.3) is 23.0 Å². The predicted octanol–water partition coefficient (Wildman–Crippen LogP) is 5.26. The van der Waals surface area contributed by atoms with E-state index in [4.69, 9.17) is 21.6 Å². The Morgan fingerprint density at radius 1 is 1.06 bits per heavy atom. The molecule has 8 heteroatoms. The molecule has 0 saturated heterocycles. The van der Waals surface area contributed by atoms with Crippen LogP contribution >= 0.6 is 11.6 Å². The molecular formula is C27H19ClN4O3. The Kier molecular flexibility index (Phi) is 7.36. The minimum Gasteiger partial charge on any atom is -0.452 e. The number of hydrogen-bond acceptors (Lipinski definition) is 5. The molecule has 7 nitrogen and oxygen atoms in total. The average Bonchev–Trinajstić information content (AvgIpc) is 3.32. The molecule has 0 spiro atoms. The van der Waals surface area contributed by atoms with Gasteiger partial charge in [-0.1, -0.05) is 41.9 Å². The third-order valence-electron chi connectivity index (χ3n) is 4.90.